The van der Waals surface area contributed by atoms with Crippen LogP contribution in [0.1, 0.15) is 16.7 Å². The van der Waals surface area contributed by atoms with E-state index in [-0.39, 0.29) is 18.0 Å². The zero-order valence-corrected chi connectivity index (χ0v) is 18.0. The van der Waals surface area contributed by atoms with Crippen molar-refractivity contribution in [2.24, 2.45) is 0 Å². The Hall–Kier alpha value is -3.39. The largest absolute Gasteiger partial charge is 0.493 e. The second kappa shape index (κ2) is 9.40. The number of pyridine rings is 1. The zero-order valence-electron chi connectivity index (χ0n) is 17.2. The van der Waals surface area contributed by atoms with Gasteiger partial charge < -0.3 is 10.1 Å². The Bertz CT molecular complexity index is 1180. The molecule has 1 N–H and O–H groups in total. The summed E-state index contributed by atoms with van der Waals surface area (Å²) in [5, 5.41) is 5.27. The van der Waals surface area contributed by atoms with Crippen LogP contribution in [0.3, 0.4) is 0 Å². The van der Waals surface area contributed by atoms with Crippen LogP contribution in [0.4, 0.5) is 24.0 Å². The van der Waals surface area contributed by atoms with Crippen LogP contribution in [-0.2, 0) is 12.6 Å². The summed E-state index contributed by atoms with van der Waals surface area (Å²) in [6.45, 7) is 2.14. The van der Waals surface area contributed by atoms with E-state index in [1.165, 1.54) is 17.4 Å². The number of aryl methyl sites for hydroxylation is 1. The predicted molar refractivity (Wildman–Crippen MR) is 120 cm³/mol. The Morgan fingerprint density at radius 1 is 1.06 bits per heavy atom. The highest BCUT2D eigenvalue weighted by molar-refractivity contribution is 7.14. The maximum atomic E-state index is 13.7. The summed E-state index contributed by atoms with van der Waals surface area (Å²) in [6.07, 6.45) is -0.671. The molecule has 0 aliphatic heterocycles. The highest BCUT2D eigenvalue weighted by Crippen LogP contribution is 2.39. The van der Waals surface area contributed by atoms with Crippen LogP contribution in [0.5, 0.6) is 5.75 Å². The molecular formula is C24H20F3N3OS. The lowest BCUT2D eigenvalue weighted by molar-refractivity contribution is -0.138. The molecule has 0 saturated carbocycles. The number of anilines is 2. The van der Waals surface area contributed by atoms with Crippen LogP contribution >= 0.6 is 11.3 Å². The first-order chi connectivity index (χ1) is 15.4. The molecule has 0 radical (unpaired) electrons. The molecule has 2 aromatic heterocycles. The summed E-state index contributed by atoms with van der Waals surface area (Å²) in [6, 6.07) is 15.5. The number of hydrogen-bond acceptors (Lipinski definition) is 5. The van der Waals surface area contributed by atoms with Crippen molar-refractivity contribution in [1.82, 2.24) is 9.97 Å². The zero-order chi connectivity index (χ0) is 22.6. The van der Waals surface area contributed by atoms with Crippen LogP contribution in [-0.4, -0.2) is 16.6 Å². The average molecular weight is 456 g/mol. The van der Waals surface area contributed by atoms with Crippen molar-refractivity contribution in [1.29, 1.82) is 0 Å². The minimum atomic E-state index is -4.54. The number of alkyl halides is 3. The Kier molecular flexibility index (Phi) is 6.41. The fourth-order valence-electron chi connectivity index (χ4n) is 3.09. The third kappa shape index (κ3) is 5.45. The van der Waals surface area contributed by atoms with E-state index in [2.05, 4.69) is 15.3 Å². The van der Waals surface area contributed by atoms with E-state index in [0.29, 0.717) is 17.2 Å². The molecule has 0 amide bonds. The second-order valence-corrected chi connectivity index (χ2v) is 8.06. The van der Waals surface area contributed by atoms with Gasteiger partial charge in [-0.3, -0.25) is 4.98 Å². The molecule has 2 aromatic carbocycles. The first-order valence-corrected chi connectivity index (χ1v) is 10.8. The lowest BCUT2D eigenvalue weighted by Gasteiger charge is -2.16. The summed E-state index contributed by atoms with van der Waals surface area (Å²) < 4.78 is 46.5. The summed E-state index contributed by atoms with van der Waals surface area (Å²) in [4.78, 5) is 8.49. The molecule has 0 aliphatic rings. The van der Waals surface area contributed by atoms with E-state index in [1.807, 2.05) is 42.6 Å². The molecule has 4 rings (SSSR count). The minimum Gasteiger partial charge on any atom is -0.493 e. The van der Waals surface area contributed by atoms with Gasteiger partial charge in [0.05, 0.1) is 17.9 Å². The van der Waals surface area contributed by atoms with Gasteiger partial charge in [0.2, 0.25) is 0 Å². The first-order valence-electron chi connectivity index (χ1n) is 9.91. The molecule has 2 heterocycles. The van der Waals surface area contributed by atoms with Gasteiger partial charge in [0, 0.05) is 35.4 Å². The summed E-state index contributed by atoms with van der Waals surface area (Å²) in [5.41, 5.74) is 3.15. The highest BCUT2D eigenvalue weighted by Gasteiger charge is 2.34. The molecule has 0 unspecified atom stereocenters. The standard InChI is InChI=1S/C24H20F3N3OS/c1-16-4-6-17(7-5-16)10-12-31-22-9-8-19(13-20(22)24(25,26)27)29-23-30-21(15-32-23)18-3-2-11-28-14-18/h2-9,11,13-15H,10,12H2,1H3,(H,29,30). The Labute approximate surface area is 187 Å². The third-order valence-corrected chi connectivity index (χ3v) is 5.52. The number of benzene rings is 2. The SMILES string of the molecule is Cc1ccc(CCOc2ccc(Nc3nc(-c4cccnc4)cs3)cc2C(F)(F)F)cc1. The highest BCUT2D eigenvalue weighted by atomic mass is 32.1. The molecule has 0 saturated heterocycles. The predicted octanol–water partition coefficient (Wildman–Crippen LogP) is 6.90. The normalized spacial score (nSPS) is 11.4. The number of halogens is 3. The van der Waals surface area contributed by atoms with Gasteiger partial charge in [-0.2, -0.15) is 13.2 Å². The van der Waals surface area contributed by atoms with Gasteiger partial charge in [-0.1, -0.05) is 29.8 Å². The van der Waals surface area contributed by atoms with Gasteiger partial charge in [-0.25, -0.2) is 4.98 Å². The van der Waals surface area contributed by atoms with Crippen molar-refractivity contribution >= 4 is 22.2 Å². The number of nitrogens with one attached hydrogen (secondary N) is 1. The van der Waals surface area contributed by atoms with E-state index in [9.17, 15) is 13.2 Å². The molecular weight excluding hydrogens is 435 g/mol. The lowest BCUT2D eigenvalue weighted by Crippen LogP contribution is -2.11. The monoisotopic (exact) mass is 455 g/mol. The summed E-state index contributed by atoms with van der Waals surface area (Å²) in [5.74, 6) is -0.189. The van der Waals surface area contributed by atoms with Gasteiger partial charge in [0.1, 0.15) is 5.75 Å². The minimum absolute atomic E-state index is 0.153. The molecule has 0 atom stereocenters. The van der Waals surface area contributed by atoms with Gasteiger partial charge in [-0.05, 0) is 42.8 Å². The molecule has 0 fully saturated rings. The van der Waals surface area contributed by atoms with Crippen molar-refractivity contribution in [2.75, 3.05) is 11.9 Å². The van der Waals surface area contributed by atoms with Gasteiger partial charge in [-0.15, -0.1) is 11.3 Å². The van der Waals surface area contributed by atoms with Crippen molar-refractivity contribution in [3.8, 4) is 17.0 Å². The quantitative estimate of drug-likeness (QED) is 0.329. The molecule has 4 nitrogen and oxygen atoms in total. The molecule has 8 heteroatoms. The fraction of sp³-hybridized carbons (Fsp3) is 0.167. The van der Waals surface area contributed by atoms with E-state index in [4.69, 9.17) is 4.74 Å². The number of aromatic nitrogens is 2. The van der Waals surface area contributed by atoms with E-state index >= 15 is 0 Å². The van der Waals surface area contributed by atoms with Gasteiger partial charge in [0.25, 0.3) is 0 Å². The maximum absolute atomic E-state index is 13.7. The molecule has 164 valence electrons. The number of thiazole rings is 1. The summed E-state index contributed by atoms with van der Waals surface area (Å²) in [7, 11) is 0. The molecule has 0 bridgehead atoms. The van der Waals surface area contributed by atoms with Crippen LogP contribution < -0.4 is 10.1 Å². The van der Waals surface area contributed by atoms with Gasteiger partial charge in [0.15, 0.2) is 5.13 Å². The number of hydrogen-bond donors (Lipinski definition) is 1. The number of nitrogens with zero attached hydrogens (tertiary/aromatic N) is 2. The summed E-state index contributed by atoms with van der Waals surface area (Å²) >= 11 is 1.31. The molecule has 32 heavy (non-hydrogen) atoms. The number of ether oxygens (including phenoxy) is 1. The fourth-order valence-corrected chi connectivity index (χ4v) is 3.83. The Morgan fingerprint density at radius 2 is 1.88 bits per heavy atom. The van der Waals surface area contributed by atoms with Crippen LogP contribution in [0.15, 0.2) is 72.4 Å². The lowest BCUT2D eigenvalue weighted by atomic mass is 10.1. The maximum Gasteiger partial charge on any atom is 0.420 e. The van der Waals surface area contributed by atoms with Crippen LogP contribution in [0, 0.1) is 6.92 Å². The molecule has 0 spiro atoms. The topological polar surface area (TPSA) is 47.0 Å². The van der Waals surface area contributed by atoms with E-state index in [0.717, 1.165) is 22.8 Å². The number of rotatable bonds is 7. The third-order valence-electron chi connectivity index (χ3n) is 4.77. The average Bonchev–Trinajstić information content (AvgIpc) is 3.24. The Balaban J connectivity index is 1.47. The van der Waals surface area contributed by atoms with Crippen molar-refractivity contribution in [2.45, 2.75) is 19.5 Å². The Morgan fingerprint density at radius 3 is 2.59 bits per heavy atom. The van der Waals surface area contributed by atoms with E-state index < -0.39 is 11.7 Å². The molecule has 4 aromatic rings. The van der Waals surface area contributed by atoms with E-state index in [1.54, 1.807) is 24.5 Å². The van der Waals surface area contributed by atoms with Crippen LogP contribution in [0.25, 0.3) is 11.3 Å². The van der Waals surface area contributed by atoms with Gasteiger partial charge >= 0.3 is 6.18 Å². The van der Waals surface area contributed by atoms with Crippen LogP contribution in [0.2, 0.25) is 0 Å². The smallest absolute Gasteiger partial charge is 0.420 e. The van der Waals surface area contributed by atoms with Crippen molar-refractivity contribution < 1.29 is 17.9 Å². The van der Waals surface area contributed by atoms with Crippen molar-refractivity contribution in [3.05, 3.63) is 89.1 Å². The molecule has 0 aliphatic carbocycles. The van der Waals surface area contributed by atoms with Crippen molar-refractivity contribution in [3.63, 3.8) is 0 Å². The second-order valence-electron chi connectivity index (χ2n) is 7.20. The first kappa shape index (κ1) is 21.8.